The molecule has 1 fully saturated rings. The molecule has 62 valence electrons. The second kappa shape index (κ2) is 4.73. The Kier molecular flexibility index (Phi) is 4.71. The van der Waals surface area contributed by atoms with Gasteiger partial charge in [0.15, 0.2) is 0 Å². The quantitative estimate of drug-likeness (QED) is 0.626. The van der Waals surface area contributed by atoms with Crippen LogP contribution in [-0.2, 0) is 0 Å². The largest absolute Gasteiger partial charge is 0.316 e. The Morgan fingerprint density at radius 2 is 1.50 bits per heavy atom. The second-order valence-corrected chi connectivity index (χ2v) is 2.81. The summed E-state index contributed by atoms with van der Waals surface area (Å²) in [5.41, 5.74) is 0.694. The minimum atomic E-state index is 0.694. The van der Waals surface area contributed by atoms with Crippen LogP contribution >= 0.6 is 0 Å². The van der Waals surface area contributed by atoms with Crippen molar-refractivity contribution in [1.29, 1.82) is 0 Å². The molecule has 0 amide bonds. The van der Waals surface area contributed by atoms with Gasteiger partial charge < -0.3 is 5.32 Å². The molecule has 0 radical (unpaired) electrons. The Bertz CT molecular complexity index is 61.3. The number of nitrogens with one attached hydrogen (secondary N) is 1. The molecule has 0 bridgehead atoms. The van der Waals surface area contributed by atoms with E-state index in [9.17, 15) is 0 Å². The van der Waals surface area contributed by atoms with E-state index < -0.39 is 0 Å². The normalized spacial score (nSPS) is 20.4. The zero-order valence-corrected chi connectivity index (χ0v) is 7.83. The first-order valence-corrected chi connectivity index (χ1v) is 4.54. The summed E-state index contributed by atoms with van der Waals surface area (Å²) in [6, 6.07) is 0. The van der Waals surface area contributed by atoms with Gasteiger partial charge in [0.1, 0.15) is 0 Å². The maximum atomic E-state index is 3.30. The van der Waals surface area contributed by atoms with Crippen LogP contribution in [-0.4, -0.2) is 13.1 Å². The van der Waals surface area contributed by atoms with Crippen LogP contribution in [0.5, 0.6) is 0 Å². The van der Waals surface area contributed by atoms with Crippen LogP contribution in [0, 0.1) is 5.41 Å². The highest BCUT2D eigenvalue weighted by atomic mass is 15.0. The van der Waals surface area contributed by atoms with Gasteiger partial charge in [0.25, 0.3) is 0 Å². The third-order valence-corrected chi connectivity index (χ3v) is 2.50. The molecule has 1 heteroatoms. The molecule has 0 atom stereocenters. The summed E-state index contributed by atoms with van der Waals surface area (Å²) in [6.07, 6.45) is 2.69. The third kappa shape index (κ3) is 1.98. The molecule has 0 spiro atoms. The van der Waals surface area contributed by atoms with E-state index in [1.165, 1.54) is 25.9 Å². The van der Waals surface area contributed by atoms with E-state index in [-0.39, 0.29) is 0 Å². The highest BCUT2D eigenvalue weighted by molar-refractivity contribution is 4.89. The topological polar surface area (TPSA) is 12.0 Å². The number of hydrogen-bond donors (Lipinski definition) is 1. The van der Waals surface area contributed by atoms with Crippen LogP contribution in [0.3, 0.4) is 0 Å². The van der Waals surface area contributed by atoms with Crippen molar-refractivity contribution in [3.05, 3.63) is 0 Å². The Labute approximate surface area is 65.2 Å². The summed E-state index contributed by atoms with van der Waals surface area (Å²) in [6.45, 7) is 11.1. The molecule has 0 saturated carbocycles. The van der Waals surface area contributed by atoms with Crippen LogP contribution < -0.4 is 5.32 Å². The molecular weight excluding hydrogens is 122 g/mol. The van der Waals surface area contributed by atoms with E-state index in [4.69, 9.17) is 0 Å². The molecule has 10 heavy (non-hydrogen) atoms. The molecule has 1 rings (SSSR count). The van der Waals surface area contributed by atoms with Crippen molar-refractivity contribution in [2.75, 3.05) is 13.1 Å². The highest BCUT2D eigenvalue weighted by Crippen LogP contribution is 2.29. The molecule has 1 nitrogen and oxygen atoms in total. The van der Waals surface area contributed by atoms with Gasteiger partial charge >= 0.3 is 0 Å². The van der Waals surface area contributed by atoms with Gasteiger partial charge in [-0.05, 0) is 18.3 Å². The average Bonchev–Trinajstić information content (AvgIpc) is 1.93. The summed E-state index contributed by atoms with van der Waals surface area (Å²) >= 11 is 0. The smallest absolute Gasteiger partial charge is 0.00200 e. The van der Waals surface area contributed by atoms with Crippen molar-refractivity contribution in [3.8, 4) is 0 Å². The van der Waals surface area contributed by atoms with E-state index in [1.54, 1.807) is 0 Å². The fraction of sp³-hybridized carbons (Fsp3) is 1.00. The van der Waals surface area contributed by atoms with Gasteiger partial charge in [0.05, 0.1) is 0 Å². The maximum absolute atomic E-state index is 3.30. The first kappa shape index (κ1) is 9.96. The second-order valence-electron chi connectivity index (χ2n) is 2.81. The third-order valence-electron chi connectivity index (χ3n) is 2.50. The van der Waals surface area contributed by atoms with Crippen molar-refractivity contribution in [3.63, 3.8) is 0 Å². The lowest BCUT2D eigenvalue weighted by molar-refractivity contribution is 0.154. The first-order valence-electron chi connectivity index (χ1n) is 4.54. The number of rotatable bonds is 2. The molecule has 1 heterocycles. The lowest BCUT2D eigenvalue weighted by atomic mass is 9.77. The molecule has 0 aliphatic carbocycles. The highest BCUT2D eigenvalue weighted by Gasteiger charge is 2.32. The molecule has 0 aromatic heterocycles. The summed E-state index contributed by atoms with van der Waals surface area (Å²) in [5, 5.41) is 3.30. The zero-order valence-electron chi connectivity index (χ0n) is 7.83. The predicted octanol–water partition coefficient (Wildman–Crippen LogP) is 2.42. The standard InChI is InChI=1S/C7H15N.C2H6/c1-3-7(4-2)5-8-6-7;1-2/h8H,3-6H2,1-2H3;1-2H3. The molecular formula is C9H21N. The van der Waals surface area contributed by atoms with Crippen molar-refractivity contribution < 1.29 is 0 Å². The molecule has 1 saturated heterocycles. The summed E-state index contributed by atoms with van der Waals surface area (Å²) in [5.74, 6) is 0. The molecule has 0 unspecified atom stereocenters. The Morgan fingerprint density at radius 1 is 1.10 bits per heavy atom. The van der Waals surface area contributed by atoms with Crippen LogP contribution in [0.1, 0.15) is 40.5 Å². The van der Waals surface area contributed by atoms with Gasteiger partial charge in [0.2, 0.25) is 0 Å². The van der Waals surface area contributed by atoms with Crippen molar-refractivity contribution in [1.82, 2.24) is 5.32 Å². The van der Waals surface area contributed by atoms with E-state index >= 15 is 0 Å². The molecule has 1 aliphatic rings. The van der Waals surface area contributed by atoms with E-state index in [2.05, 4.69) is 19.2 Å². The average molecular weight is 143 g/mol. The molecule has 0 aromatic carbocycles. The first-order chi connectivity index (χ1) is 4.83. The van der Waals surface area contributed by atoms with Crippen LogP contribution in [0.2, 0.25) is 0 Å². The minimum Gasteiger partial charge on any atom is -0.316 e. The van der Waals surface area contributed by atoms with Gasteiger partial charge in [-0.15, -0.1) is 0 Å². The van der Waals surface area contributed by atoms with Gasteiger partial charge in [-0.2, -0.15) is 0 Å². The van der Waals surface area contributed by atoms with Gasteiger partial charge in [-0.1, -0.05) is 27.7 Å². The minimum absolute atomic E-state index is 0.694. The number of hydrogen-bond acceptors (Lipinski definition) is 1. The van der Waals surface area contributed by atoms with Gasteiger partial charge in [-0.3, -0.25) is 0 Å². The van der Waals surface area contributed by atoms with Gasteiger partial charge in [-0.25, -0.2) is 0 Å². The van der Waals surface area contributed by atoms with E-state index in [0.29, 0.717) is 5.41 Å². The monoisotopic (exact) mass is 143 g/mol. The van der Waals surface area contributed by atoms with Crippen molar-refractivity contribution >= 4 is 0 Å². The fourth-order valence-electron chi connectivity index (χ4n) is 1.23. The zero-order chi connectivity index (χ0) is 8.04. The summed E-state index contributed by atoms with van der Waals surface area (Å²) < 4.78 is 0. The maximum Gasteiger partial charge on any atom is 0.00200 e. The van der Waals surface area contributed by atoms with Crippen LogP contribution in [0.15, 0.2) is 0 Å². The SMILES string of the molecule is CC.CCC1(CC)CNC1. The fourth-order valence-corrected chi connectivity index (χ4v) is 1.23. The molecule has 1 aliphatic heterocycles. The summed E-state index contributed by atoms with van der Waals surface area (Å²) in [4.78, 5) is 0. The van der Waals surface area contributed by atoms with Gasteiger partial charge in [0, 0.05) is 13.1 Å². The van der Waals surface area contributed by atoms with E-state index in [1.807, 2.05) is 13.8 Å². The van der Waals surface area contributed by atoms with Crippen molar-refractivity contribution in [2.45, 2.75) is 40.5 Å². The van der Waals surface area contributed by atoms with Crippen LogP contribution in [0.4, 0.5) is 0 Å². The van der Waals surface area contributed by atoms with Crippen molar-refractivity contribution in [2.24, 2.45) is 5.41 Å². The lowest BCUT2D eigenvalue weighted by Gasteiger charge is -2.41. The van der Waals surface area contributed by atoms with Crippen LogP contribution in [0.25, 0.3) is 0 Å². The molecule has 1 N–H and O–H groups in total. The predicted molar refractivity (Wildman–Crippen MR) is 47.2 cm³/mol. The Balaban J connectivity index is 0.000000371. The Morgan fingerprint density at radius 3 is 1.50 bits per heavy atom. The van der Waals surface area contributed by atoms with E-state index in [0.717, 1.165) is 0 Å². The Hall–Kier alpha value is -0.0400. The summed E-state index contributed by atoms with van der Waals surface area (Å²) in [7, 11) is 0. The lowest BCUT2D eigenvalue weighted by Crippen LogP contribution is -2.52. The molecule has 0 aromatic rings.